The molecule has 3 rings (SSSR count). The van der Waals surface area contributed by atoms with Crippen LogP contribution in [-0.4, -0.2) is 32.4 Å². The molecular weight excluding hydrogens is 250 g/mol. The summed E-state index contributed by atoms with van der Waals surface area (Å²) in [5.74, 6) is 0.917. The minimum absolute atomic E-state index is 0.579. The first-order valence-corrected chi connectivity index (χ1v) is 7.54. The molecule has 108 valence electrons. The lowest BCUT2D eigenvalue weighted by Crippen LogP contribution is -2.44. The number of hydrogen-bond donors (Lipinski definition) is 1. The Bertz CT molecular complexity index is 466. The van der Waals surface area contributed by atoms with Crippen LogP contribution in [0.15, 0.2) is 30.3 Å². The van der Waals surface area contributed by atoms with Crippen LogP contribution < -0.4 is 10.1 Å². The maximum absolute atomic E-state index is 5.61. The smallest absolute Gasteiger partial charge is 0.119 e. The second-order valence-electron chi connectivity index (χ2n) is 5.66. The van der Waals surface area contributed by atoms with E-state index in [-0.39, 0.29) is 0 Å². The van der Waals surface area contributed by atoms with Crippen molar-refractivity contribution in [3.05, 3.63) is 35.9 Å². The van der Waals surface area contributed by atoms with Gasteiger partial charge in [0.25, 0.3) is 0 Å². The molecule has 2 bridgehead atoms. The molecular formula is C17H23NO2. The van der Waals surface area contributed by atoms with Crippen molar-refractivity contribution < 1.29 is 9.47 Å². The van der Waals surface area contributed by atoms with Crippen molar-refractivity contribution in [2.75, 3.05) is 20.3 Å². The fraction of sp³-hybridized carbons (Fsp3) is 0.529. The molecule has 2 aliphatic rings. The van der Waals surface area contributed by atoms with Gasteiger partial charge in [-0.15, -0.1) is 0 Å². The van der Waals surface area contributed by atoms with Crippen molar-refractivity contribution in [3.8, 4) is 5.75 Å². The van der Waals surface area contributed by atoms with E-state index >= 15 is 0 Å². The first kappa shape index (κ1) is 13.7. The van der Waals surface area contributed by atoms with Gasteiger partial charge in [-0.1, -0.05) is 24.6 Å². The molecule has 3 heteroatoms. The molecule has 1 aromatic carbocycles. The molecule has 2 aliphatic heterocycles. The minimum atomic E-state index is 0.579. The van der Waals surface area contributed by atoms with E-state index in [4.69, 9.17) is 9.47 Å². The highest BCUT2D eigenvalue weighted by Gasteiger charge is 2.25. The van der Waals surface area contributed by atoms with Gasteiger partial charge in [-0.3, -0.25) is 0 Å². The van der Waals surface area contributed by atoms with Crippen molar-refractivity contribution in [1.82, 2.24) is 5.32 Å². The molecule has 2 heterocycles. The van der Waals surface area contributed by atoms with Crippen molar-refractivity contribution in [1.29, 1.82) is 0 Å². The maximum Gasteiger partial charge on any atom is 0.119 e. The Morgan fingerprint density at radius 3 is 2.75 bits per heavy atom. The average Bonchev–Trinajstić information content (AvgIpc) is 2.48. The Morgan fingerprint density at radius 2 is 2.00 bits per heavy atom. The number of methoxy groups -OCH3 is 1. The zero-order chi connectivity index (χ0) is 13.8. The van der Waals surface area contributed by atoms with Gasteiger partial charge in [-0.05, 0) is 42.5 Å². The molecule has 1 aromatic rings. The van der Waals surface area contributed by atoms with Crippen LogP contribution in [0.2, 0.25) is 0 Å². The summed E-state index contributed by atoms with van der Waals surface area (Å²) in [7, 11) is 1.69. The SMILES string of the molecule is COCCOc1ccc(C2=CC3CCCC(C2)N3)cc1. The van der Waals surface area contributed by atoms with E-state index in [1.165, 1.54) is 30.4 Å². The molecule has 0 spiro atoms. The van der Waals surface area contributed by atoms with Gasteiger partial charge in [0.1, 0.15) is 12.4 Å². The molecule has 0 aliphatic carbocycles. The van der Waals surface area contributed by atoms with Gasteiger partial charge >= 0.3 is 0 Å². The fourth-order valence-corrected chi connectivity index (χ4v) is 3.14. The lowest BCUT2D eigenvalue weighted by molar-refractivity contribution is 0.146. The molecule has 1 fully saturated rings. The second kappa shape index (κ2) is 6.42. The molecule has 0 saturated carbocycles. The van der Waals surface area contributed by atoms with Crippen LogP contribution in [0.1, 0.15) is 31.2 Å². The standard InChI is InChI=1S/C17H23NO2/c1-19-9-10-20-17-7-5-13(6-8-17)14-11-15-3-2-4-16(12-14)18-15/h5-8,11,15-16,18H,2-4,9-10,12H2,1H3. The molecule has 2 atom stereocenters. The predicted molar refractivity (Wildman–Crippen MR) is 81.0 cm³/mol. The van der Waals surface area contributed by atoms with Crippen molar-refractivity contribution in [3.63, 3.8) is 0 Å². The van der Waals surface area contributed by atoms with E-state index in [1.807, 2.05) is 0 Å². The third kappa shape index (κ3) is 3.22. The van der Waals surface area contributed by atoms with E-state index in [0.717, 1.165) is 12.2 Å². The molecule has 1 N–H and O–H groups in total. The third-order valence-electron chi connectivity index (χ3n) is 4.17. The Balaban J connectivity index is 1.66. The first-order chi connectivity index (χ1) is 9.85. The Labute approximate surface area is 121 Å². The molecule has 0 amide bonds. The van der Waals surface area contributed by atoms with Gasteiger partial charge < -0.3 is 14.8 Å². The van der Waals surface area contributed by atoms with Crippen molar-refractivity contribution in [2.45, 2.75) is 37.8 Å². The van der Waals surface area contributed by atoms with E-state index in [0.29, 0.717) is 25.3 Å². The van der Waals surface area contributed by atoms with Crippen LogP contribution >= 0.6 is 0 Å². The summed E-state index contributed by atoms with van der Waals surface area (Å²) in [6.07, 6.45) is 7.51. The van der Waals surface area contributed by atoms with Crippen LogP contribution in [-0.2, 0) is 4.74 Å². The molecule has 0 aromatic heterocycles. The third-order valence-corrected chi connectivity index (χ3v) is 4.17. The van der Waals surface area contributed by atoms with E-state index in [9.17, 15) is 0 Å². The Kier molecular flexibility index (Phi) is 4.38. The highest BCUT2D eigenvalue weighted by molar-refractivity contribution is 5.68. The summed E-state index contributed by atoms with van der Waals surface area (Å²) in [5.41, 5.74) is 2.82. The van der Waals surface area contributed by atoms with Crippen LogP contribution in [0.25, 0.3) is 5.57 Å². The van der Waals surface area contributed by atoms with Gasteiger partial charge in [0, 0.05) is 19.2 Å². The maximum atomic E-state index is 5.61. The number of benzene rings is 1. The first-order valence-electron chi connectivity index (χ1n) is 7.54. The Hall–Kier alpha value is -1.32. The summed E-state index contributed by atoms with van der Waals surface area (Å²) < 4.78 is 10.6. The lowest BCUT2D eigenvalue weighted by atomic mass is 9.85. The normalized spacial score (nSPS) is 25.1. The topological polar surface area (TPSA) is 30.5 Å². The van der Waals surface area contributed by atoms with Crippen molar-refractivity contribution in [2.24, 2.45) is 0 Å². The summed E-state index contributed by atoms with van der Waals surface area (Å²) >= 11 is 0. The molecule has 3 nitrogen and oxygen atoms in total. The number of nitrogens with one attached hydrogen (secondary N) is 1. The van der Waals surface area contributed by atoms with E-state index < -0.39 is 0 Å². The summed E-state index contributed by atoms with van der Waals surface area (Å²) in [6.45, 7) is 1.23. The highest BCUT2D eigenvalue weighted by atomic mass is 16.5. The summed E-state index contributed by atoms with van der Waals surface area (Å²) in [5, 5.41) is 3.68. The minimum Gasteiger partial charge on any atom is -0.491 e. The fourth-order valence-electron chi connectivity index (χ4n) is 3.14. The Morgan fingerprint density at radius 1 is 1.15 bits per heavy atom. The van der Waals surface area contributed by atoms with E-state index in [1.54, 1.807) is 7.11 Å². The number of ether oxygens (including phenoxy) is 2. The quantitative estimate of drug-likeness (QED) is 0.837. The van der Waals surface area contributed by atoms with Gasteiger partial charge in [-0.25, -0.2) is 0 Å². The zero-order valence-electron chi connectivity index (χ0n) is 12.1. The number of fused-ring (bicyclic) bond motifs is 2. The van der Waals surface area contributed by atoms with Gasteiger partial charge in [0.2, 0.25) is 0 Å². The van der Waals surface area contributed by atoms with E-state index in [2.05, 4.69) is 35.7 Å². The molecule has 20 heavy (non-hydrogen) atoms. The molecule has 2 unspecified atom stereocenters. The number of piperidine rings is 1. The molecule has 1 saturated heterocycles. The van der Waals surface area contributed by atoms with Crippen LogP contribution in [0.4, 0.5) is 0 Å². The average molecular weight is 273 g/mol. The number of rotatable bonds is 5. The lowest BCUT2D eigenvalue weighted by Gasteiger charge is -2.35. The monoisotopic (exact) mass is 273 g/mol. The van der Waals surface area contributed by atoms with Crippen LogP contribution in [0, 0.1) is 0 Å². The van der Waals surface area contributed by atoms with Crippen LogP contribution in [0.5, 0.6) is 5.75 Å². The predicted octanol–water partition coefficient (Wildman–Crippen LogP) is 3.01. The largest absolute Gasteiger partial charge is 0.491 e. The molecule has 0 radical (unpaired) electrons. The van der Waals surface area contributed by atoms with Crippen molar-refractivity contribution >= 4 is 5.57 Å². The van der Waals surface area contributed by atoms with Gasteiger partial charge in [0.05, 0.1) is 6.61 Å². The second-order valence-corrected chi connectivity index (χ2v) is 5.66. The summed E-state index contributed by atoms with van der Waals surface area (Å²) in [6, 6.07) is 9.72. The van der Waals surface area contributed by atoms with Gasteiger partial charge in [-0.2, -0.15) is 0 Å². The highest BCUT2D eigenvalue weighted by Crippen LogP contribution is 2.31. The summed E-state index contributed by atoms with van der Waals surface area (Å²) in [4.78, 5) is 0. The van der Waals surface area contributed by atoms with Crippen LogP contribution in [0.3, 0.4) is 0 Å². The number of hydrogen-bond acceptors (Lipinski definition) is 3. The van der Waals surface area contributed by atoms with Gasteiger partial charge in [0.15, 0.2) is 0 Å². The zero-order valence-corrected chi connectivity index (χ0v) is 12.1.